The summed E-state index contributed by atoms with van der Waals surface area (Å²) in [6, 6.07) is 1.01. The molecule has 0 saturated carbocycles. The van der Waals surface area contributed by atoms with E-state index in [4.69, 9.17) is 13.9 Å². The van der Waals surface area contributed by atoms with Crippen LogP contribution in [0.25, 0.3) is 0 Å². The molecule has 0 aliphatic rings. The van der Waals surface area contributed by atoms with Crippen LogP contribution in [0.15, 0.2) is 0 Å². The van der Waals surface area contributed by atoms with Gasteiger partial charge in [0.25, 0.3) is 0 Å². The summed E-state index contributed by atoms with van der Waals surface area (Å²) in [5, 5.41) is 0. The fourth-order valence-electron chi connectivity index (χ4n) is 1.16. The summed E-state index contributed by atoms with van der Waals surface area (Å²) in [5.74, 6) is 0. The van der Waals surface area contributed by atoms with E-state index >= 15 is 0 Å². The number of rotatable bonds is 10. The summed E-state index contributed by atoms with van der Waals surface area (Å²) < 4.78 is 16.8. The van der Waals surface area contributed by atoms with E-state index in [0.29, 0.717) is 9.76 Å². The molecule has 16 heavy (non-hydrogen) atoms. The first-order valence-electron chi connectivity index (χ1n) is 6.20. The Labute approximate surface area is 103 Å². The predicted octanol–water partition coefficient (Wildman–Crippen LogP) is 3.02. The Balaban J connectivity index is 3.94. The van der Waals surface area contributed by atoms with Gasteiger partial charge in [-0.2, -0.15) is 0 Å². The second-order valence-corrected chi connectivity index (χ2v) is 5.22. The molecule has 0 aliphatic carbocycles. The molecule has 0 aromatic carbocycles. The van der Waals surface area contributed by atoms with E-state index in [-0.39, 0.29) is 18.5 Å². The van der Waals surface area contributed by atoms with Gasteiger partial charge in [-0.25, -0.2) is 0 Å². The molecule has 0 fully saturated rings. The summed E-state index contributed by atoms with van der Waals surface area (Å²) in [6.07, 6.45) is 3.41. The first-order chi connectivity index (χ1) is 7.63. The second kappa shape index (κ2) is 10.3. The van der Waals surface area contributed by atoms with Gasteiger partial charge in [-0.3, -0.25) is 0 Å². The van der Waals surface area contributed by atoms with Gasteiger partial charge in [0.1, 0.15) is 0 Å². The van der Waals surface area contributed by atoms with Crippen molar-refractivity contribution in [2.45, 2.75) is 71.5 Å². The van der Waals surface area contributed by atoms with Crippen LogP contribution < -0.4 is 0 Å². The van der Waals surface area contributed by atoms with Crippen LogP contribution in [0.5, 0.6) is 0 Å². The Kier molecular flexibility index (Phi) is 10.3. The largest absolute Gasteiger partial charge is 0.421 e. The number of ether oxygens (including phenoxy) is 2. The highest BCUT2D eigenvalue weighted by Gasteiger charge is 2.15. The highest BCUT2D eigenvalue weighted by molar-refractivity contribution is 6.26. The Morgan fingerprint density at radius 1 is 1.00 bits per heavy atom. The van der Waals surface area contributed by atoms with E-state index in [1.165, 1.54) is 0 Å². The highest BCUT2D eigenvalue weighted by atomic mass is 28.2. The average Bonchev–Trinajstić information content (AvgIpc) is 2.28. The van der Waals surface area contributed by atoms with Gasteiger partial charge in [-0.1, -0.05) is 13.8 Å². The van der Waals surface area contributed by atoms with Crippen LogP contribution in [0.4, 0.5) is 0 Å². The molecule has 0 spiro atoms. The standard InChI is InChI=1S/C12H26O3Si/c1-6-10(3)14-12(8-9-16-13-5)15-11(4)7-2/h10-12H,6-9H2,1-5H3. The smallest absolute Gasteiger partial charge is 0.229 e. The lowest BCUT2D eigenvalue weighted by atomic mass is 10.3. The molecule has 0 aliphatic heterocycles. The molecule has 0 amide bonds. The van der Waals surface area contributed by atoms with E-state index in [9.17, 15) is 0 Å². The fraction of sp³-hybridized carbons (Fsp3) is 1.00. The molecular weight excluding hydrogens is 220 g/mol. The second-order valence-electron chi connectivity index (χ2n) is 4.03. The predicted molar refractivity (Wildman–Crippen MR) is 67.7 cm³/mol. The molecule has 0 saturated heterocycles. The molecular formula is C12H26O3Si. The molecule has 0 aromatic heterocycles. The maximum atomic E-state index is 5.85. The zero-order chi connectivity index (χ0) is 12.4. The normalized spacial score (nSPS) is 17.1. The van der Waals surface area contributed by atoms with Crippen LogP contribution in [0.2, 0.25) is 6.04 Å². The minimum Gasteiger partial charge on any atom is -0.421 e. The van der Waals surface area contributed by atoms with Crippen molar-refractivity contribution in [3.05, 3.63) is 0 Å². The molecule has 2 radical (unpaired) electrons. The van der Waals surface area contributed by atoms with Crippen molar-refractivity contribution >= 4 is 9.76 Å². The topological polar surface area (TPSA) is 27.7 Å². The van der Waals surface area contributed by atoms with Crippen molar-refractivity contribution in [3.63, 3.8) is 0 Å². The monoisotopic (exact) mass is 246 g/mol. The van der Waals surface area contributed by atoms with Crippen molar-refractivity contribution in [1.29, 1.82) is 0 Å². The zero-order valence-electron chi connectivity index (χ0n) is 11.3. The lowest BCUT2D eigenvalue weighted by molar-refractivity contribution is -0.189. The lowest BCUT2D eigenvalue weighted by Crippen LogP contribution is -2.26. The van der Waals surface area contributed by atoms with E-state index in [0.717, 1.165) is 25.3 Å². The van der Waals surface area contributed by atoms with Gasteiger partial charge in [0.2, 0.25) is 9.76 Å². The number of hydrogen-bond donors (Lipinski definition) is 0. The van der Waals surface area contributed by atoms with Gasteiger partial charge in [0.15, 0.2) is 6.29 Å². The molecule has 0 N–H and O–H groups in total. The van der Waals surface area contributed by atoms with Gasteiger partial charge in [0, 0.05) is 7.11 Å². The Bertz CT molecular complexity index is 143. The van der Waals surface area contributed by atoms with Gasteiger partial charge < -0.3 is 13.9 Å². The maximum Gasteiger partial charge on any atom is 0.229 e. The minimum atomic E-state index is -0.0763. The molecule has 3 nitrogen and oxygen atoms in total. The van der Waals surface area contributed by atoms with E-state index in [2.05, 4.69) is 27.7 Å². The van der Waals surface area contributed by atoms with Crippen LogP contribution in [0.1, 0.15) is 47.0 Å². The van der Waals surface area contributed by atoms with Crippen molar-refractivity contribution in [3.8, 4) is 0 Å². The third-order valence-electron chi connectivity index (χ3n) is 2.54. The molecule has 0 heterocycles. The van der Waals surface area contributed by atoms with Crippen molar-refractivity contribution in [2.24, 2.45) is 0 Å². The molecule has 2 unspecified atom stereocenters. The SMILES string of the molecule is CCC(C)OC(CC[Si]OC)OC(C)CC. The maximum absolute atomic E-state index is 5.85. The van der Waals surface area contributed by atoms with Crippen LogP contribution >= 0.6 is 0 Å². The first kappa shape index (κ1) is 16.1. The summed E-state index contributed by atoms with van der Waals surface area (Å²) in [6.45, 7) is 8.43. The quantitative estimate of drug-likeness (QED) is 0.337. The van der Waals surface area contributed by atoms with Crippen LogP contribution in [0.3, 0.4) is 0 Å². The first-order valence-corrected chi connectivity index (χ1v) is 7.32. The molecule has 2 atom stereocenters. The fourth-order valence-corrected chi connectivity index (χ4v) is 1.72. The Morgan fingerprint density at radius 3 is 1.88 bits per heavy atom. The van der Waals surface area contributed by atoms with Crippen LogP contribution in [-0.2, 0) is 13.9 Å². The van der Waals surface area contributed by atoms with Gasteiger partial charge in [-0.05, 0) is 39.2 Å². The minimum absolute atomic E-state index is 0.0763. The molecule has 4 heteroatoms. The molecule has 0 bridgehead atoms. The van der Waals surface area contributed by atoms with Gasteiger partial charge in [-0.15, -0.1) is 0 Å². The van der Waals surface area contributed by atoms with E-state index in [1.807, 2.05) is 0 Å². The Hall–Kier alpha value is 0.0969. The van der Waals surface area contributed by atoms with Gasteiger partial charge in [0.05, 0.1) is 12.2 Å². The van der Waals surface area contributed by atoms with Gasteiger partial charge >= 0.3 is 0 Å². The summed E-state index contributed by atoms with van der Waals surface area (Å²) >= 11 is 0. The average molecular weight is 246 g/mol. The third kappa shape index (κ3) is 8.27. The Morgan fingerprint density at radius 2 is 1.50 bits per heavy atom. The van der Waals surface area contributed by atoms with Crippen LogP contribution in [0, 0.1) is 0 Å². The molecule has 96 valence electrons. The lowest BCUT2D eigenvalue weighted by Gasteiger charge is -2.24. The highest BCUT2D eigenvalue weighted by Crippen LogP contribution is 2.13. The molecule has 0 rings (SSSR count). The van der Waals surface area contributed by atoms with E-state index in [1.54, 1.807) is 7.11 Å². The van der Waals surface area contributed by atoms with Crippen molar-refractivity contribution in [2.75, 3.05) is 7.11 Å². The van der Waals surface area contributed by atoms with Crippen LogP contribution in [-0.4, -0.2) is 35.4 Å². The summed E-state index contributed by atoms with van der Waals surface area (Å²) in [5.41, 5.74) is 0. The van der Waals surface area contributed by atoms with E-state index < -0.39 is 0 Å². The van der Waals surface area contributed by atoms with Crippen molar-refractivity contribution in [1.82, 2.24) is 0 Å². The molecule has 0 aromatic rings. The zero-order valence-corrected chi connectivity index (χ0v) is 12.3. The third-order valence-corrected chi connectivity index (χ3v) is 3.33. The number of hydrogen-bond acceptors (Lipinski definition) is 3. The van der Waals surface area contributed by atoms with Crippen molar-refractivity contribution < 1.29 is 13.9 Å². The summed E-state index contributed by atoms with van der Waals surface area (Å²) in [4.78, 5) is 0. The summed E-state index contributed by atoms with van der Waals surface area (Å²) in [7, 11) is 2.28.